The average molecular weight is 270 g/mol. The van der Waals surface area contributed by atoms with Crippen LogP contribution in [0.1, 0.15) is 28.3 Å². The van der Waals surface area contributed by atoms with Gasteiger partial charge in [-0.05, 0) is 38.3 Å². The van der Waals surface area contributed by atoms with Crippen molar-refractivity contribution in [2.75, 3.05) is 12.0 Å². The molecule has 1 aromatic rings. The van der Waals surface area contributed by atoms with E-state index in [0.29, 0.717) is 29.3 Å². The topological polar surface area (TPSA) is 82.4 Å². The predicted molar refractivity (Wildman–Crippen MR) is 67.4 cm³/mol. The Morgan fingerprint density at radius 3 is 2.61 bits per heavy atom. The van der Waals surface area contributed by atoms with Gasteiger partial charge < -0.3 is 19.6 Å². The number of carboxylic acid groups (broad SMARTS) is 1. The van der Waals surface area contributed by atoms with E-state index in [9.17, 15) is 14.7 Å². The fourth-order valence-electron chi connectivity index (χ4n) is 1.58. The van der Waals surface area contributed by atoms with E-state index in [0.717, 1.165) is 0 Å². The molecule has 0 aliphatic carbocycles. The highest BCUT2D eigenvalue weighted by atomic mass is 32.2. The zero-order chi connectivity index (χ0) is 13.7. The van der Waals surface area contributed by atoms with Crippen molar-refractivity contribution in [1.82, 2.24) is 5.32 Å². The van der Waals surface area contributed by atoms with E-state index in [1.165, 1.54) is 11.8 Å². The molecule has 1 aromatic heterocycles. The second-order valence-corrected chi connectivity index (χ2v) is 4.94. The molecule has 1 heterocycles. The van der Waals surface area contributed by atoms with E-state index in [-0.39, 0.29) is 0 Å². The van der Waals surface area contributed by atoms with E-state index < -0.39 is 17.9 Å². The van der Waals surface area contributed by atoms with Crippen LogP contribution in [0.2, 0.25) is 0 Å². The standard InChI is InChI=1S/C12H17NO4S/c1-7-6-9(8(2)17-7)11(14)13-10(12(15)16)4-5-18-3/h6,10H,4-5H2,1-3H3,(H,13,14)(H,15,16)/p-1/t10-/m1/s1. The first-order chi connectivity index (χ1) is 8.45. The summed E-state index contributed by atoms with van der Waals surface area (Å²) in [6.45, 7) is 3.39. The Hall–Kier alpha value is -1.43. The summed E-state index contributed by atoms with van der Waals surface area (Å²) in [5.74, 6) is 0.0242. The van der Waals surface area contributed by atoms with Gasteiger partial charge in [0.05, 0.1) is 17.6 Å². The van der Waals surface area contributed by atoms with E-state index in [1.807, 2.05) is 6.26 Å². The van der Waals surface area contributed by atoms with Crippen LogP contribution in [-0.2, 0) is 4.79 Å². The molecular formula is C12H16NO4S-. The van der Waals surface area contributed by atoms with Crippen LogP contribution in [0, 0.1) is 13.8 Å². The zero-order valence-corrected chi connectivity index (χ0v) is 11.4. The normalized spacial score (nSPS) is 12.2. The Balaban J connectivity index is 2.72. The fraction of sp³-hybridized carbons (Fsp3) is 0.500. The van der Waals surface area contributed by atoms with Crippen molar-refractivity contribution in [1.29, 1.82) is 0 Å². The molecule has 0 radical (unpaired) electrons. The number of aliphatic carboxylic acids is 1. The molecule has 100 valence electrons. The monoisotopic (exact) mass is 270 g/mol. The SMILES string of the molecule is CSCC[C@@H](NC(=O)c1cc(C)oc1C)C(=O)[O-]. The summed E-state index contributed by atoms with van der Waals surface area (Å²) in [6, 6.07) is 0.616. The lowest BCUT2D eigenvalue weighted by Crippen LogP contribution is -2.48. The molecule has 0 spiro atoms. The maximum absolute atomic E-state index is 11.9. The Morgan fingerprint density at radius 1 is 1.50 bits per heavy atom. The molecule has 0 unspecified atom stereocenters. The molecule has 0 aliphatic rings. The van der Waals surface area contributed by atoms with Gasteiger partial charge in [0.1, 0.15) is 11.5 Å². The maximum atomic E-state index is 11.9. The first-order valence-corrected chi connectivity index (χ1v) is 6.92. The first kappa shape index (κ1) is 14.6. The van der Waals surface area contributed by atoms with Crippen molar-refractivity contribution >= 4 is 23.6 Å². The molecule has 1 atom stereocenters. The molecule has 0 bridgehead atoms. The summed E-state index contributed by atoms with van der Waals surface area (Å²) in [6.07, 6.45) is 2.21. The molecule has 0 aromatic carbocycles. The smallest absolute Gasteiger partial charge is 0.255 e. The summed E-state index contributed by atoms with van der Waals surface area (Å²) >= 11 is 1.52. The van der Waals surface area contributed by atoms with Crippen LogP contribution >= 0.6 is 11.8 Å². The molecule has 0 saturated heterocycles. The molecule has 0 saturated carbocycles. The predicted octanol–water partition coefficient (Wildman–Crippen LogP) is 0.498. The highest BCUT2D eigenvalue weighted by molar-refractivity contribution is 7.98. The molecule has 0 aliphatic heterocycles. The van der Waals surface area contributed by atoms with Gasteiger partial charge in [-0.1, -0.05) is 0 Å². The lowest BCUT2D eigenvalue weighted by molar-refractivity contribution is -0.308. The first-order valence-electron chi connectivity index (χ1n) is 5.53. The van der Waals surface area contributed by atoms with Crippen LogP contribution in [0.5, 0.6) is 0 Å². The number of carbonyl (C=O) groups excluding carboxylic acids is 2. The molecule has 1 rings (SSSR count). The van der Waals surface area contributed by atoms with Gasteiger partial charge in [0, 0.05) is 0 Å². The molecule has 1 amide bonds. The number of carboxylic acids is 1. The number of rotatable bonds is 6. The summed E-state index contributed by atoms with van der Waals surface area (Å²) < 4.78 is 5.23. The highest BCUT2D eigenvalue weighted by Crippen LogP contribution is 2.14. The lowest BCUT2D eigenvalue weighted by atomic mass is 10.2. The number of furan rings is 1. The Kier molecular flexibility index (Phi) is 5.27. The van der Waals surface area contributed by atoms with Crippen LogP contribution in [0.15, 0.2) is 10.5 Å². The van der Waals surface area contributed by atoms with Gasteiger partial charge in [-0.15, -0.1) is 0 Å². The lowest BCUT2D eigenvalue weighted by Gasteiger charge is -2.18. The molecule has 18 heavy (non-hydrogen) atoms. The summed E-state index contributed by atoms with van der Waals surface area (Å²) in [5.41, 5.74) is 0.364. The highest BCUT2D eigenvalue weighted by Gasteiger charge is 2.18. The zero-order valence-electron chi connectivity index (χ0n) is 10.6. The molecular weight excluding hydrogens is 254 g/mol. The van der Waals surface area contributed by atoms with Crippen molar-refractivity contribution in [3.05, 3.63) is 23.2 Å². The van der Waals surface area contributed by atoms with Crippen LogP contribution in [-0.4, -0.2) is 29.9 Å². The van der Waals surface area contributed by atoms with Crippen molar-refractivity contribution in [3.8, 4) is 0 Å². The van der Waals surface area contributed by atoms with Gasteiger partial charge in [0.2, 0.25) is 0 Å². The van der Waals surface area contributed by atoms with Gasteiger partial charge in [-0.2, -0.15) is 11.8 Å². The number of amides is 1. The third-order valence-corrected chi connectivity index (χ3v) is 3.13. The van der Waals surface area contributed by atoms with E-state index in [2.05, 4.69) is 5.32 Å². The second-order valence-electron chi connectivity index (χ2n) is 3.95. The average Bonchev–Trinajstić information content (AvgIpc) is 2.63. The molecule has 6 heteroatoms. The van der Waals surface area contributed by atoms with Gasteiger partial charge in [-0.25, -0.2) is 0 Å². The molecule has 5 nitrogen and oxygen atoms in total. The minimum atomic E-state index is -1.27. The maximum Gasteiger partial charge on any atom is 0.255 e. The van der Waals surface area contributed by atoms with Crippen LogP contribution in [0.4, 0.5) is 0 Å². The van der Waals surface area contributed by atoms with Crippen molar-refractivity contribution < 1.29 is 19.1 Å². The van der Waals surface area contributed by atoms with Crippen molar-refractivity contribution in [2.45, 2.75) is 26.3 Å². The van der Waals surface area contributed by atoms with E-state index in [1.54, 1.807) is 19.9 Å². The number of carbonyl (C=O) groups is 2. The van der Waals surface area contributed by atoms with Gasteiger partial charge in [0.25, 0.3) is 5.91 Å². The Bertz CT molecular complexity index is 441. The number of nitrogens with one attached hydrogen (secondary N) is 1. The van der Waals surface area contributed by atoms with Crippen LogP contribution in [0.3, 0.4) is 0 Å². The van der Waals surface area contributed by atoms with E-state index in [4.69, 9.17) is 4.42 Å². The fourth-order valence-corrected chi connectivity index (χ4v) is 2.05. The third kappa shape index (κ3) is 3.80. The number of hydrogen-bond donors (Lipinski definition) is 1. The van der Waals surface area contributed by atoms with Gasteiger partial charge >= 0.3 is 0 Å². The summed E-state index contributed by atoms with van der Waals surface area (Å²) in [4.78, 5) is 22.8. The quantitative estimate of drug-likeness (QED) is 0.814. The van der Waals surface area contributed by atoms with Gasteiger partial charge in [0.15, 0.2) is 0 Å². The van der Waals surface area contributed by atoms with E-state index >= 15 is 0 Å². The van der Waals surface area contributed by atoms with Crippen molar-refractivity contribution in [3.63, 3.8) is 0 Å². The number of thioether (sulfide) groups is 1. The minimum Gasteiger partial charge on any atom is -0.548 e. The number of hydrogen-bond acceptors (Lipinski definition) is 5. The van der Waals surface area contributed by atoms with Crippen LogP contribution < -0.4 is 10.4 Å². The summed E-state index contributed by atoms with van der Waals surface area (Å²) in [5, 5.41) is 13.4. The second kappa shape index (κ2) is 6.49. The minimum absolute atomic E-state index is 0.338. The van der Waals surface area contributed by atoms with Crippen LogP contribution in [0.25, 0.3) is 0 Å². The Morgan fingerprint density at radius 2 is 2.17 bits per heavy atom. The third-order valence-electron chi connectivity index (χ3n) is 2.49. The summed E-state index contributed by atoms with van der Waals surface area (Å²) in [7, 11) is 0. The Labute approximate surface area is 110 Å². The molecule has 1 N–H and O–H groups in total. The largest absolute Gasteiger partial charge is 0.548 e. The van der Waals surface area contributed by atoms with Crippen molar-refractivity contribution in [2.24, 2.45) is 0 Å². The van der Waals surface area contributed by atoms with Gasteiger partial charge in [-0.3, -0.25) is 4.79 Å². The number of aryl methyl sites for hydroxylation is 2. The molecule has 0 fully saturated rings.